The number of hydrogen-bond acceptors (Lipinski definition) is 4. The minimum Gasteiger partial charge on any atom is -0.389 e. The van der Waals surface area contributed by atoms with Crippen molar-refractivity contribution < 1.29 is 9.84 Å². The van der Waals surface area contributed by atoms with E-state index in [1.807, 2.05) is 17.5 Å². The van der Waals surface area contributed by atoms with Gasteiger partial charge < -0.3 is 15.2 Å². The fourth-order valence-corrected chi connectivity index (χ4v) is 2.34. The largest absolute Gasteiger partial charge is 0.389 e. The molecule has 3 nitrogen and oxygen atoms in total. The highest BCUT2D eigenvalue weighted by molar-refractivity contribution is 7.09. The van der Waals surface area contributed by atoms with Gasteiger partial charge in [-0.15, -0.1) is 11.3 Å². The van der Waals surface area contributed by atoms with E-state index in [-0.39, 0.29) is 0 Å². The van der Waals surface area contributed by atoms with E-state index < -0.39 is 6.10 Å². The van der Waals surface area contributed by atoms with Crippen LogP contribution in [0.3, 0.4) is 0 Å². The van der Waals surface area contributed by atoms with Crippen molar-refractivity contribution in [3.8, 4) is 0 Å². The summed E-state index contributed by atoms with van der Waals surface area (Å²) in [7, 11) is 0. The molecule has 0 radical (unpaired) electrons. The van der Waals surface area contributed by atoms with Gasteiger partial charge >= 0.3 is 0 Å². The van der Waals surface area contributed by atoms with Crippen molar-refractivity contribution in [1.29, 1.82) is 0 Å². The molecule has 1 rings (SSSR count). The van der Waals surface area contributed by atoms with Crippen LogP contribution in [0.2, 0.25) is 0 Å². The summed E-state index contributed by atoms with van der Waals surface area (Å²) in [5.41, 5.74) is 0. The lowest BCUT2D eigenvalue weighted by atomic mass is 10.2. The van der Waals surface area contributed by atoms with Crippen molar-refractivity contribution in [2.75, 3.05) is 19.7 Å². The van der Waals surface area contributed by atoms with E-state index in [1.165, 1.54) is 30.6 Å². The molecule has 1 heterocycles. The van der Waals surface area contributed by atoms with Gasteiger partial charge in [0.05, 0.1) is 19.3 Å². The number of hydrogen-bond donors (Lipinski definition) is 2. The number of nitrogens with one attached hydrogen (secondary N) is 1. The number of ether oxygens (including phenoxy) is 1. The van der Waals surface area contributed by atoms with E-state index in [1.54, 1.807) is 11.3 Å². The Hall–Kier alpha value is -0.420. The van der Waals surface area contributed by atoms with Gasteiger partial charge in [-0.05, 0) is 24.4 Å². The van der Waals surface area contributed by atoms with E-state index in [9.17, 15) is 5.11 Å². The van der Waals surface area contributed by atoms with Crippen molar-refractivity contribution >= 4 is 11.3 Å². The quantitative estimate of drug-likeness (QED) is 0.608. The number of aliphatic hydroxyl groups is 1. The van der Waals surface area contributed by atoms with Crippen LogP contribution in [-0.4, -0.2) is 30.9 Å². The zero-order valence-corrected chi connectivity index (χ0v) is 12.0. The van der Waals surface area contributed by atoms with Gasteiger partial charge in [-0.1, -0.05) is 32.3 Å². The molecular formula is C14H25NO2S. The molecule has 1 aromatic rings. The Morgan fingerprint density at radius 2 is 2.28 bits per heavy atom. The van der Waals surface area contributed by atoms with Gasteiger partial charge in [0.25, 0.3) is 0 Å². The number of thiophene rings is 1. The first-order valence-electron chi connectivity index (χ1n) is 6.81. The topological polar surface area (TPSA) is 41.5 Å². The van der Waals surface area contributed by atoms with Crippen molar-refractivity contribution in [3.05, 3.63) is 22.4 Å². The van der Waals surface area contributed by atoms with Crippen molar-refractivity contribution in [2.24, 2.45) is 0 Å². The molecule has 0 saturated heterocycles. The van der Waals surface area contributed by atoms with Gasteiger partial charge in [-0.3, -0.25) is 0 Å². The third-order valence-corrected chi connectivity index (χ3v) is 3.57. The van der Waals surface area contributed by atoms with E-state index in [0.29, 0.717) is 19.8 Å². The van der Waals surface area contributed by atoms with Gasteiger partial charge in [0.2, 0.25) is 0 Å². The van der Waals surface area contributed by atoms with Crippen molar-refractivity contribution in [2.45, 2.75) is 45.3 Å². The molecule has 0 bridgehead atoms. The van der Waals surface area contributed by atoms with Gasteiger partial charge in [-0.2, -0.15) is 0 Å². The molecule has 0 aliphatic heterocycles. The third kappa shape index (κ3) is 7.82. The van der Waals surface area contributed by atoms with E-state index in [4.69, 9.17) is 4.74 Å². The standard InChI is InChI=1S/C14H25NO2S/c1-2-3-4-5-8-15-10-13(16)11-17-12-14-7-6-9-18-14/h6-7,9,13,15-16H,2-5,8,10-12H2,1H3/t13-/m1/s1. The molecular weight excluding hydrogens is 246 g/mol. The van der Waals surface area contributed by atoms with Crippen LogP contribution >= 0.6 is 11.3 Å². The SMILES string of the molecule is CCCCCCNC[C@@H](O)COCc1cccs1. The second kappa shape index (κ2) is 10.5. The number of unbranched alkanes of at least 4 members (excludes halogenated alkanes) is 3. The average Bonchev–Trinajstić information content (AvgIpc) is 2.87. The molecule has 0 aliphatic rings. The number of rotatable bonds is 11. The maximum atomic E-state index is 9.70. The lowest BCUT2D eigenvalue weighted by Crippen LogP contribution is -2.30. The minimum absolute atomic E-state index is 0.403. The summed E-state index contributed by atoms with van der Waals surface area (Å²) in [5.74, 6) is 0. The van der Waals surface area contributed by atoms with E-state index in [0.717, 1.165) is 6.54 Å². The lowest BCUT2D eigenvalue weighted by Gasteiger charge is -2.12. The van der Waals surface area contributed by atoms with Gasteiger partial charge in [-0.25, -0.2) is 0 Å². The predicted octanol–water partition coefficient (Wildman–Crippen LogP) is 2.80. The van der Waals surface area contributed by atoms with E-state index >= 15 is 0 Å². The highest BCUT2D eigenvalue weighted by atomic mass is 32.1. The zero-order valence-electron chi connectivity index (χ0n) is 11.2. The molecule has 4 heteroatoms. The van der Waals surface area contributed by atoms with E-state index in [2.05, 4.69) is 12.2 Å². The molecule has 0 aromatic carbocycles. The summed E-state index contributed by atoms with van der Waals surface area (Å²) >= 11 is 1.68. The zero-order chi connectivity index (χ0) is 13.1. The molecule has 0 aliphatic carbocycles. The van der Waals surface area contributed by atoms with Crippen molar-refractivity contribution in [3.63, 3.8) is 0 Å². The van der Waals surface area contributed by atoms with Crippen molar-refractivity contribution in [1.82, 2.24) is 5.32 Å². The maximum absolute atomic E-state index is 9.70. The minimum atomic E-state index is -0.406. The fraction of sp³-hybridized carbons (Fsp3) is 0.714. The Kier molecular flexibility index (Phi) is 9.12. The molecule has 104 valence electrons. The Labute approximate surface area is 114 Å². The molecule has 0 spiro atoms. The van der Waals surface area contributed by atoms with Gasteiger partial charge in [0.1, 0.15) is 0 Å². The summed E-state index contributed by atoms with van der Waals surface area (Å²) in [6.07, 6.45) is 4.62. The van der Waals surface area contributed by atoms with Crippen LogP contribution in [0.15, 0.2) is 17.5 Å². The second-order valence-electron chi connectivity index (χ2n) is 4.51. The van der Waals surface area contributed by atoms with Crippen LogP contribution in [0.25, 0.3) is 0 Å². The van der Waals surface area contributed by atoms with Crippen LogP contribution < -0.4 is 5.32 Å². The van der Waals surface area contributed by atoms with Crippen LogP contribution in [0.4, 0.5) is 0 Å². The smallest absolute Gasteiger partial charge is 0.0897 e. The van der Waals surface area contributed by atoms with Gasteiger partial charge in [0.15, 0.2) is 0 Å². The predicted molar refractivity (Wildman–Crippen MR) is 77.0 cm³/mol. The van der Waals surface area contributed by atoms with Crippen LogP contribution in [0, 0.1) is 0 Å². The maximum Gasteiger partial charge on any atom is 0.0897 e. The van der Waals surface area contributed by atoms with Crippen LogP contribution in [0.1, 0.15) is 37.5 Å². The molecule has 0 unspecified atom stereocenters. The number of aliphatic hydroxyl groups excluding tert-OH is 1. The highest BCUT2D eigenvalue weighted by Crippen LogP contribution is 2.09. The summed E-state index contributed by atoms with van der Waals surface area (Å²) in [5, 5.41) is 15.0. The molecule has 2 N–H and O–H groups in total. The normalized spacial score (nSPS) is 12.8. The molecule has 0 amide bonds. The molecule has 1 aromatic heterocycles. The Bertz CT molecular complexity index is 277. The summed E-state index contributed by atoms with van der Waals surface area (Å²) in [4.78, 5) is 1.20. The molecule has 18 heavy (non-hydrogen) atoms. The molecule has 1 atom stereocenters. The first-order chi connectivity index (χ1) is 8.83. The average molecular weight is 271 g/mol. The summed E-state index contributed by atoms with van der Waals surface area (Å²) < 4.78 is 5.46. The Morgan fingerprint density at radius 1 is 1.39 bits per heavy atom. The Balaban J connectivity index is 1.89. The Morgan fingerprint density at radius 3 is 3.00 bits per heavy atom. The van der Waals surface area contributed by atoms with Crippen LogP contribution in [-0.2, 0) is 11.3 Å². The molecule has 0 fully saturated rings. The molecule has 0 saturated carbocycles. The fourth-order valence-electron chi connectivity index (χ4n) is 1.69. The monoisotopic (exact) mass is 271 g/mol. The highest BCUT2D eigenvalue weighted by Gasteiger charge is 2.03. The summed E-state index contributed by atoms with van der Waals surface area (Å²) in [6.45, 7) is 4.83. The summed E-state index contributed by atoms with van der Waals surface area (Å²) in [6, 6.07) is 4.06. The first-order valence-corrected chi connectivity index (χ1v) is 7.69. The first kappa shape index (κ1) is 15.6. The second-order valence-corrected chi connectivity index (χ2v) is 5.55. The third-order valence-electron chi connectivity index (χ3n) is 2.72. The lowest BCUT2D eigenvalue weighted by molar-refractivity contribution is 0.0299. The van der Waals surface area contributed by atoms with Gasteiger partial charge in [0, 0.05) is 11.4 Å². The van der Waals surface area contributed by atoms with Crippen LogP contribution in [0.5, 0.6) is 0 Å².